The molecule has 0 aliphatic rings. The molecule has 0 saturated carbocycles. The lowest BCUT2D eigenvalue weighted by Gasteiger charge is -2.08. The molecule has 0 radical (unpaired) electrons. The van der Waals surface area contributed by atoms with Gasteiger partial charge in [-0.15, -0.1) is 0 Å². The van der Waals surface area contributed by atoms with Gasteiger partial charge in [0.05, 0.1) is 5.71 Å². The fraction of sp³-hybridized carbons (Fsp3) is 0.263. The van der Waals surface area contributed by atoms with Gasteiger partial charge in [0.15, 0.2) is 6.61 Å². The highest BCUT2D eigenvalue weighted by Crippen LogP contribution is 2.18. The Morgan fingerprint density at radius 2 is 1.75 bits per heavy atom. The second-order valence-electron chi connectivity index (χ2n) is 5.87. The molecule has 0 aliphatic carbocycles. The average Bonchev–Trinajstić information content (AvgIpc) is 2.58. The highest BCUT2D eigenvalue weighted by Gasteiger charge is 2.04. The summed E-state index contributed by atoms with van der Waals surface area (Å²) in [5.74, 6) is 0.819. The summed E-state index contributed by atoms with van der Waals surface area (Å²) in [5.41, 5.74) is 11.6. The number of ether oxygens (including phenoxy) is 1. The normalized spacial score (nSPS) is 11.4. The number of hydrogen-bond acceptors (Lipinski definition) is 4. The molecule has 1 amide bonds. The molecule has 24 heavy (non-hydrogen) atoms. The minimum Gasteiger partial charge on any atom is -0.484 e. The lowest BCUT2D eigenvalue weighted by Crippen LogP contribution is -2.25. The third-order valence-electron chi connectivity index (χ3n) is 3.59. The molecule has 0 bridgehead atoms. The molecule has 5 nitrogen and oxygen atoms in total. The van der Waals surface area contributed by atoms with Crippen LogP contribution in [0.4, 0.5) is 5.69 Å². The smallest absolute Gasteiger partial charge is 0.277 e. The van der Waals surface area contributed by atoms with E-state index in [1.165, 1.54) is 5.56 Å². The summed E-state index contributed by atoms with van der Waals surface area (Å²) in [6.07, 6.45) is 0. The highest BCUT2D eigenvalue weighted by atomic mass is 16.5. The third kappa shape index (κ3) is 5.12. The van der Waals surface area contributed by atoms with Crippen LogP contribution in [0.15, 0.2) is 53.6 Å². The largest absolute Gasteiger partial charge is 0.484 e. The summed E-state index contributed by atoms with van der Waals surface area (Å²) in [7, 11) is 0. The molecule has 0 atom stereocenters. The summed E-state index contributed by atoms with van der Waals surface area (Å²) in [4.78, 5) is 11.8. The van der Waals surface area contributed by atoms with Crippen LogP contribution < -0.4 is 15.9 Å². The molecule has 2 aromatic rings. The molecule has 2 aromatic carbocycles. The molecule has 5 heteroatoms. The Morgan fingerprint density at radius 1 is 1.12 bits per heavy atom. The Kier molecular flexibility index (Phi) is 5.95. The van der Waals surface area contributed by atoms with Crippen molar-refractivity contribution in [3.8, 4) is 5.75 Å². The molecule has 0 heterocycles. The maximum absolute atomic E-state index is 11.8. The van der Waals surface area contributed by atoms with Crippen LogP contribution in [0.3, 0.4) is 0 Å². The molecule has 3 N–H and O–H groups in total. The predicted molar refractivity (Wildman–Crippen MR) is 97.2 cm³/mol. The third-order valence-corrected chi connectivity index (χ3v) is 3.59. The molecule has 0 saturated heterocycles. The van der Waals surface area contributed by atoms with Crippen LogP contribution in [0.5, 0.6) is 5.75 Å². The topological polar surface area (TPSA) is 76.7 Å². The van der Waals surface area contributed by atoms with Crippen molar-refractivity contribution < 1.29 is 9.53 Å². The quantitative estimate of drug-likeness (QED) is 0.486. The molecule has 0 unspecified atom stereocenters. The Bertz CT molecular complexity index is 704. The highest BCUT2D eigenvalue weighted by molar-refractivity contribution is 5.99. The van der Waals surface area contributed by atoms with Gasteiger partial charge >= 0.3 is 0 Å². The number of hydrazone groups is 1. The Labute approximate surface area is 142 Å². The SMILES string of the molecule is CC(=NNC(=O)COc1ccc(C(C)C)cc1)c1ccc(N)cc1. The first-order valence-electron chi connectivity index (χ1n) is 7.87. The molecule has 2 rings (SSSR count). The van der Waals surface area contributed by atoms with Gasteiger partial charge in [0, 0.05) is 5.69 Å². The van der Waals surface area contributed by atoms with E-state index in [9.17, 15) is 4.79 Å². The summed E-state index contributed by atoms with van der Waals surface area (Å²) in [5, 5.41) is 4.07. The number of nitrogens with two attached hydrogens (primary N) is 1. The van der Waals surface area contributed by atoms with Crippen LogP contribution >= 0.6 is 0 Å². The number of benzene rings is 2. The fourth-order valence-electron chi connectivity index (χ4n) is 2.07. The summed E-state index contributed by atoms with van der Waals surface area (Å²) in [6, 6.07) is 15.0. The van der Waals surface area contributed by atoms with Crippen molar-refractivity contribution in [1.29, 1.82) is 0 Å². The van der Waals surface area contributed by atoms with Gasteiger partial charge in [-0.25, -0.2) is 5.43 Å². The van der Waals surface area contributed by atoms with Gasteiger partial charge in [-0.3, -0.25) is 4.79 Å². The van der Waals surface area contributed by atoms with Gasteiger partial charge in [-0.05, 0) is 48.2 Å². The number of nitrogens with zero attached hydrogens (tertiary/aromatic N) is 1. The van der Waals surface area contributed by atoms with E-state index in [0.29, 0.717) is 23.1 Å². The fourth-order valence-corrected chi connectivity index (χ4v) is 2.07. The van der Waals surface area contributed by atoms with Crippen LogP contribution in [0.2, 0.25) is 0 Å². The molecule has 0 spiro atoms. The maximum Gasteiger partial charge on any atom is 0.277 e. The van der Waals surface area contributed by atoms with E-state index in [-0.39, 0.29) is 12.5 Å². The Hall–Kier alpha value is -2.82. The number of nitrogen functional groups attached to an aromatic ring is 1. The van der Waals surface area contributed by atoms with E-state index in [1.807, 2.05) is 43.3 Å². The van der Waals surface area contributed by atoms with Crippen molar-refractivity contribution in [2.75, 3.05) is 12.3 Å². The van der Waals surface area contributed by atoms with Gasteiger partial charge in [-0.1, -0.05) is 38.1 Å². The van der Waals surface area contributed by atoms with E-state index in [4.69, 9.17) is 10.5 Å². The summed E-state index contributed by atoms with van der Waals surface area (Å²) in [6.45, 7) is 5.99. The van der Waals surface area contributed by atoms with Crippen molar-refractivity contribution in [3.63, 3.8) is 0 Å². The van der Waals surface area contributed by atoms with E-state index in [2.05, 4.69) is 24.4 Å². The number of rotatable bonds is 6. The first kappa shape index (κ1) is 17.5. The molecule has 0 aliphatic heterocycles. The zero-order valence-electron chi connectivity index (χ0n) is 14.2. The minimum atomic E-state index is -0.308. The zero-order valence-corrected chi connectivity index (χ0v) is 14.2. The van der Waals surface area contributed by atoms with Crippen molar-refractivity contribution >= 4 is 17.3 Å². The standard InChI is InChI=1S/C19H23N3O2/c1-13(2)15-6-10-18(11-7-15)24-12-19(23)22-21-14(3)16-4-8-17(20)9-5-16/h4-11,13H,12,20H2,1-3H3,(H,22,23). The predicted octanol–water partition coefficient (Wildman–Crippen LogP) is 3.31. The van der Waals surface area contributed by atoms with Crippen molar-refractivity contribution in [2.24, 2.45) is 5.10 Å². The van der Waals surface area contributed by atoms with Crippen LogP contribution in [-0.4, -0.2) is 18.2 Å². The van der Waals surface area contributed by atoms with E-state index in [0.717, 1.165) is 5.56 Å². The van der Waals surface area contributed by atoms with Gasteiger partial charge in [0.2, 0.25) is 0 Å². The van der Waals surface area contributed by atoms with E-state index < -0.39 is 0 Å². The number of hydrogen-bond donors (Lipinski definition) is 2. The summed E-state index contributed by atoms with van der Waals surface area (Å²) < 4.78 is 5.46. The Morgan fingerprint density at radius 3 is 2.33 bits per heavy atom. The lowest BCUT2D eigenvalue weighted by atomic mass is 10.0. The Balaban J connectivity index is 1.84. The van der Waals surface area contributed by atoms with E-state index in [1.54, 1.807) is 12.1 Å². The number of carbonyl (C=O) groups excluding carboxylic acids is 1. The first-order valence-corrected chi connectivity index (χ1v) is 7.87. The number of nitrogens with one attached hydrogen (secondary N) is 1. The van der Waals surface area contributed by atoms with E-state index >= 15 is 0 Å². The van der Waals surface area contributed by atoms with Gasteiger partial charge in [0.25, 0.3) is 5.91 Å². The van der Waals surface area contributed by atoms with Crippen LogP contribution in [0.25, 0.3) is 0 Å². The van der Waals surface area contributed by atoms with Crippen LogP contribution in [0, 0.1) is 0 Å². The van der Waals surface area contributed by atoms with Gasteiger partial charge in [-0.2, -0.15) is 5.10 Å². The minimum absolute atomic E-state index is 0.0838. The van der Waals surface area contributed by atoms with Crippen molar-refractivity contribution in [3.05, 3.63) is 59.7 Å². The second-order valence-corrected chi connectivity index (χ2v) is 5.87. The number of anilines is 1. The first-order chi connectivity index (χ1) is 11.5. The lowest BCUT2D eigenvalue weighted by molar-refractivity contribution is -0.123. The molecular weight excluding hydrogens is 302 g/mol. The van der Waals surface area contributed by atoms with Crippen LogP contribution in [0.1, 0.15) is 37.8 Å². The maximum atomic E-state index is 11.8. The second kappa shape index (κ2) is 8.15. The number of carbonyl (C=O) groups is 1. The van der Waals surface area contributed by atoms with Crippen molar-refractivity contribution in [1.82, 2.24) is 5.43 Å². The van der Waals surface area contributed by atoms with Crippen molar-refractivity contribution in [2.45, 2.75) is 26.7 Å². The molecule has 126 valence electrons. The number of amides is 1. The van der Waals surface area contributed by atoms with Gasteiger partial charge in [0.1, 0.15) is 5.75 Å². The summed E-state index contributed by atoms with van der Waals surface area (Å²) >= 11 is 0. The monoisotopic (exact) mass is 325 g/mol. The average molecular weight is 325 g/mol. The zero-order chi connectivity index (χ0) is 17.5. The molecular formula is C19H23N3O2. The molecule has 0 fully saturated rings. The van der Waals surface area contributed by atoms with Crippen LogP contribution in [-0.2, 0) is 4.79 Å². The molecule has 0 aromatic heterocycles. The van der Waals surface area contributed by atoms with Gasteiger partial charge < -0.3 is 10.5 Å².